The predicted octanol–water partition coefficient (Wildman–Crippen LogP) is 2.24. The van der Waals surface area contributed by atoms with Crippen molar-refractivity contribution >= 4 is 11.6 Å². The molecule has 14 heavy (non-hydrogen) atoms. The summed E-state index contributed by atoms with van der Waals surface area (Å²) >= 11 is 5.45. The number of hydrogen-bond acceptors (Lipinski definition) is 2. The van der Waals surface area contributed by atoms with Crippen LogP contribution in [0, 0.1) is 23.2 Å². The van der Waals surface area contributed by atoms with E-state index in [0.717, 1.165) is 0 Å². The maximum absolute atomic E-state index is 9.33. The third-order valence-corrected chi connectivity index (χ3v) is 1.76. The maximum Gasteiger partial charge on any atom is 0.134 e. The van der Waals surface area contributed by atoms with Crippen molar-refractivity contribution in [3.05, 3.63) is 29.3 Å². The van der Waals surface area contributed by atoms with Crippen LogP contribution in [0.15, 0.2) is 18.2 Å². The first-order valence-electron chi connectivity index (χ1n) is 4.06. The average molecular weight is 206 g/mol. The molecule has 2 nitrogen and oxygen atoms in total. The van der Waals surface area contributed by atoms with E-state index in [1.807, 2.05) is 6.07 Å². The highest BCUT2D eigenvalue weighted by Gasteiger charge is 1.98. The molecule has 0 spiro atoms. The lowest BCUT2D eigenvalue weighted by atomic mass is 10.1. The molecule has 1 aromatic carbocycles. The topological polar surface area (TPSA) is 44.0 Å². The summed E-state index contributed by atoms with van der Waals surface area (Å²) in [6.45, 7) is 0. The molecule has 0 aliphatic heterocycles. The van der Waals surface area contributed by atoms with Crippen molar-refractivity contribution in [1.82, 2.24) is 0 Å². The molecule has 3 heteroatoms. The molecule has 1 aromatic rings. The Kier molecular flexibility index (Phi) is 3.85. The fraction of sp³-hybridized carbons (Fsp3) is 0.182. The SMILES string of the molecule is N#Cc1ccc(C#CCCCl)cc1O. The minimum atomic E-state index is -0.0369. The molecule has 0 aliphatic rings. The van der Waals surface area contributed by atoms with Crippen molar-refractivity contribution in [3.8, 4) is 23.7 Å². The zero-order valence-corrected chi connectivity index (χ0v) is 8.17. The summed E-state index contributed by atoms with van der Waals surface area (Å²) in [6, 6.07) is 6.58. The highest BCUT2D eigenvalue weighted by molar-refractivity contribution is 6.18. The largest absolute Gasteiger partial charge is 0.507 e. The molecule has 1 N–H and O–H groups in total. The van der Waals surface area contributed by atoms with Gasteiger partial charge >= 0.3 is 0 Å². The second kappa shape index (κ2) is 5.17. The number of hydrogen-bond donors (Lipinski definition) is 1. The van der Waals surface area contributed by atoms with Crippen LogP contribution in [0.5, 0.6) is 5.75 Å². The smallest absolute Gasteiger partial charge is 0.134 e. The molecule has 0 atom stereocenters. The highest BCUT2D eigenvalue weighted by Crippen LogP contribution is 2.16. The monoisotopic (exact) mass is 205 g/mol. The summed E-state index contributed by atoms with van der Waals surface area (Å²) in [6.07, 6.45) is 0.613. The number of halogens is 1. The van der Waals surface area contributed by atoms with E-state index in [0.29, 0.717) is 17.9 Å². The molecule has 70 valence electrons. The number of nitriles is 1. The molecule has 0 radical (unpaired) electrons. The first-order chi connectivity index (χ1) is 6.77. The quantitative estimate of drug-likeness (QED) is 0.565. The van der Waals surface area contributed by atoms with Gasteiger partial charge in [0.1, 0.15) is 11.8 Å². The summed E-state index contributed by atoms with van der Waals surface area (Å²) in [7, 11) is 0. The Morgan fingerprint density at radius 2 is 2.21 bits per heavy atom. The molecule has 0 aromatic heterocycles. The normalized spacial score (nSPS) is 8.57. The number of alkyl halides is 1. The van der Waals surface area contributed by atoms with Gasteiger partial charge in [0, 0.05) is 17.9 Å². The van der Waals surface area contributed by atoms with Gasteiger partial charge < -0.3 is 5.11 Å². The van der Waals surface area contributed by atoms with Crippen LogP contribution in [-0.2, 0) is 0 Å². The van der Waals surface area contributed by atoms with E-state index in [4.69, 9.17) is 16.9 Å². The molecule has 1 rings (SSSR count). The number of rotatable bonds is 1. The van der Waals surface area contributed by atoms with Crippen molar-refractivity contribution in [3.63, 3.8) is 0 Å². The zero-order chi connectivity index (χ0) is 10.4. The van der Waals surface area contributed by atoms with Gasteiger partial charge in [0.25, 0.3) is 0 Å². The minimum Gasteiger partial charge on any atom is -0.507 e. The fourth-order valence-electron chi connectivity index (χ4n) is 0.916. The standard InChI is InChI=1S/C11H8ClNO/c12-6-2-1-3-9-4-5-10(8-13)11(14)7-9/h4-5,7,14H,2,6H2. The first-order valence-corrected chi connectivity index (χ1v) is 4.59. The summed E-state index contributed by atoms with van der Waals surface area (Å²) in [5, 5.41) is 17.9. The Hall–Kier alpha value is -1.64. The van der Waals surface area contributed by atoms with Crippen molar-refractivity contribution in [2.75, 3.05) is 5.88 Å². The van der Waals surface area contributed by atoms with Crippen LogP contribution in [0.1, 0.15) is 17.5 Å². The van der Waals surface area contributed by atoms with E-state index in [2.05, 4.69) is 11.8 Å². The van der Waals surface area contributed by atoms with E-state index in [1.165, 1.54) is 6.07 Å². The van der Waals surface area contributed by atoms with Crippen LogP contribution in [-0.4, -0.2) is 11.0 Å². The molecule has 0 heterocycles. The number of phenolic OH excluding ortho intramolecular Hbond substituents is 1. The molecule has 0 aliphatic carbocycles. The van der Waals surface area contributed by atoms with Crippen LogP contribution in [0.2, 0.25) is 0 Å². The molecular formula is C11H8ClNO. The van der Waals surface area contributed by atoms with Crippen LogP contribution >= 0.6 is 11.6 Å². The summed E-state index contributed by atoms with van der Waals surface area (Å²) in [5.41, 5.74) is 0.944. The Labute approximate surface area is 87.7 Å². The molecule has 0 fully saturated rings. The van der Waals surface area contributed by atoms with Gasteiger partial charge in [-0.25, -0.2) is 0 Å². The van der Waals surface area contributed by atoms with E-state index in [1.54, 1.807) is 12.1 Å². The zero-order valence-electron chi connectivity index (χ0n) is 7.42. The van der Waals surface area contributed by atoms with Gasteiger partial charge in [-0.3, -0.25) is 0 Å². The van der Waals surface area contributed by atoms with Gasteiger partial charge in [-0.1, -0.05) is 11.8 Å². The maximum atomic E-state index is 9.33. The van der Waals surface area contributed by atoms with Gasteiger partial charge in [-0.2, -0.15) is 5.26 Å². The summed E-state index contributed by atoms with van der Waals surface area (Å²) in [5.74, 6) is 6.13. The number of nitrogens with zero attached hydrogens (tertiary/aromatic N) is 1. The minimum absolute atomic E-state index is 0.0369. The van der Waals surface area contributed by atoms with Crippen molar-refractivity contribution in [2.24, 2.45) is 0 Å². The van der Waals surface area contributed by atoms with Crippen molar-refractivity contribution in [1.29, 1.82) is 5.26 Å². The van der Waals surface area contributed by atoms with E-state index in [-0.39, 0.29) is 11.3 Å². The summed E-state index contributed by atoms with van der Waals surface area (Å²) < 4.78 is 0. The van der Waals surface area contributed by atoms with Gasteiger partial charge in [-0.15, -0.1) is 11.6 Å². The average Bonchev–Trinajstić information content (AvgIpc) is 2.18. The van der Waals surface area contributed by atoms with Crippen molar-refractivity contribution < 1.29 is 5.11 Å². The molecule has 0 bridgehead atoms. The number of phenols is 1. The Balaban J connectivity index is 2.89. The predicted molar refractivity (Wildman–Crippen MR) is 55.0 cm³/mol. The molecule has 0 amide bonds. The van der Waals surface area contributed by atoms with Gasteiger partial charge in [0.15, 0.2) is 0 Å². The molecule has 0 saturated heterocycles. The molecule has 0 unspecified atom stereocenters. The van der Waals surface area contributed by atoms with Gasteiger partial charge in [0.05, 0.1) is 5.56 Å². The molecular weight excluding hydrogens is 198 g/mol. The van der Waals surface area contributed by atoms with Crippen LogP contribution in [0.3, 0.4) is 0 Å². The molecule has 0 saturated carbocycles. The van der Waals surface area contributed by atoms with E-state index in [9.17, 15) is 5.11 Å². The lowest BCUT2D eigenvalue weighted by Gasteiger charge is -1.95. The third-order valence-electron chi connectivity index (χ3n) is 1.57. The van der Waals surface area contributed by atoms with Crippen LogP contribution < -0.4 is 0 Å². The Morgan fingerprint density at radius 1 is 1.43 bits per heavy atom. The number of aromatic hydroxyl groups is 1. The highest BCUT2D eigenvalue weighted by atomic mass is 35.5. The second-order valence-corrected chi connectivity index (χ2v) is 2.96. The van der Waals surface area contributed by atoms with E-state index >= 15 is 0 Å². The van der Waals surface area contributed by atoms with Crippen molar-refractivity contribution in [2.45, 2.75) is 6.42 Å². The van der Waals surface area contributed by atoms with E-state index < -0.39 is 0 Å². The third kappa shape index (κ3) is 2.69. The Morgan fingerprint density at radius 3 is 2.79 bits per heavy atom. The van der Waals surface area contributed by atoms with Crippen LogP contribution in [0.4, 0.5) is 0 Å². The Bertz CT molecular complexity index is 423. The second-order valence-electron chi connectivity index (χ2n) is 2.58. The lowest BCUT2D eigenvalue weighted by Crippen LogP contribution is -1.79. The van der Waals surface area contributed by atoms with Gasteiger partial charge in [0.2, 0.25) is 0 Å². The number of benzene rings is 1. The summed E-state index contributed by atoms with van der Waals surface area (Å²) in [4.78, 5) is 0. The fourth-order valence-corrected chi connectivity index (χ4v) is 1.01. The van der Waals surface area contributed by atoms with Crippen LogP contribution in [0.25, 0.3) is 0 Å². The van der Waals surface area contributed by atoms with Gasteiger partial charge in [-0.05, 0) is 18.2 Å². The lowest BCUT2D eigenvalue weighted by molar-refractivity contribution is 0.473. The first kappa shape index (κ1) is 10.4.